The zero-order valence-electron chi connectivity index (χ0n) is 16.3. The average Bonchev–Trinajstić information content (AvgIpc) is 3.11. The summed E-state index contributed by atoms with van der Waals surface area (Å²) < 4.78 is 0. The quantitative estimate of drug-likeness (QED) is 0.788. The van der Waals surface area contributed by atoms with Crippen LogP contribution in [0.1, 0.15) is 43.8 Å². The summed E-state index contributed by atoms with van der Waals surface area (Å²) in [6, 6.07) is 0.366. The predicted octanol–water partition coefficient (Wildman–Crippen LogP) is 2.13. The summed E-state index contributed by atoms with van der Waals surface area (Å²) in [6.07, 6.45) is 2.45. The summed E-state index contributed by atoms with van der Waals surface area (Å²) >= 11 is 1.63. The summed E-state index contributed by atoms with van der Waals surface area (Å²) in [5.41, 5.74) is 1.03. The highest BCUT2D eigenvalue weighted by Gasteiger charge is 2.45. The number of likely N-dealkylation sites (tertiary alicyclic amines) is 2. The highest BCUT2D eigenvalue weighted by Crippen LogP contribution is 2.41. The molecule has 0 aromatic carbocycles. The van der Waals surface area contributed by atoms with Crippen molar-refractivity contribution in [2.45, 2.75) is 52.6 Å². The van der Waals surface area contributed by atoms with Crippen molar-refractivity contribution >= 4 is 23.2 Å². The predicted molar refractivity (Wildman–Crippen MR) is 103 cm³/mol. The Hall–Kier alpha value is -1.47. The maximum absolute atomic E-state index is 12.5. The van der Waals surface area contributed by atoms with E-state index in [4.69, 9.17) is 0 Å². The van der Waals surface area contributed by atoms with E-state index in [0.717, 1.165) is 43.2 Å². The lowest BCUT2D eigenvalue weighted by Gasteiger charge is -2.39. The molecular formula is C19H30N4O2S. The summed E-state index contributed by atoms with van der Waals surface area (Å²) in [5, 5.41) is 3.08. The number of nitrogens with zero attached hydrogens (tertiary/aromatic N) is 4. The Morgan fingerprint density at radius 2 is 2.08 bits per heavy atom. The molecule has 2 aliphatic rings. The van der Waals surface area contributed by atoms with Crippen LogP contribution in [0.3, 0.4) is 0 Å². The Bertz CT molecular complexity index is 664. The molecule has 0 radical (unpaired) electrons. The highest BCUT2D eigenvalue weighted by atomic mass is 32.1. The van der Waals surface area contributed by atoms with Crippen LogP contribution < -0.4 is 0 Å². The van der Waals surface area contributed by atoms with Crippen molar-refractivity contribution in [2.24, 2.45) is 5.41 Å². The molecule has 2 aliphatic heterocycles. The molecule has 144 valence electrons. The highest BCUT2D eigenvalue weighted by molar-refractivity contribution is 7.09. The van der Waals surface area contributed by atoms with Crippen molar-refractivity contribution in [3.05, 3.63) is 16.1 Å². The van der Waals surface area contributed by atoms with Gasteiger partial charge in [-0.15, -0.1) is 11.3 Å². The van der Waals surface area contributed by atoms with Crippen LogP contribution in [0.2, 0.25) is 0 Å². The molecule has 1 spiro atoms. The molecule has 0 atom stereocenters. The number of carbonyl (C=O) groups excluding carboxylic acids is 2. The molecule has 26 heavy (non-hydrogen) atoms. The number of piperidine rings is 1. The number of likely N-dealkylation sites (N-methyl/N-ethyl adjacent to an activating group) is 1. The molecule has 7 heteroatoms. The molecule has 0 bridgehead atoms. The number of carbonyl (C=O) groups is 2. The Labute approximate surface area is 160 Å². The van der Waals surface area contributed by atoms with Crippen molar-refractivity contribution in [1.82, 2.24) is 19.7 Å². The number of hydrogen-bond donors (Lipinski definition) is 0. The van der Waals surface area contributed by atoms with Gasteiger partial charge in [0.15, 0.2) is 0 Å². The SMILES string of the molecule is Cc1nc(CN2CC3(CCN(C(=O)CN(C)C(C)C)CC3)CC2=O)cs1. The minimum atomic E-state index is 0.0445. The number of amides is 2. The van der Waals surface area contributed by atoms with Gasteiger partial charge in [-0.1, -0.05) is 0 Å². The normalized spacial score (nSPS) is 20.0. The van der Waals surface area contributed by atoms with Gasteiger partial charge >= 0.3 is 0 Å². The van der Waals surface area contributed by atoms with Crippen LogP contribution in [-0.4, -0.2) is 70.8 Å². The van der Waals surface area contributed by atoms with E-state index >= 15 is 0 Å². The summed E-state index contributed by atoms with van der Waals surface area (Å²) in [5.74, 6) is 0.435. The molecule has 0 N–H and O–H groups in total. The smallest absolute Gasteiger partial charge is 0.236 e. The van der Waals surface area contributed by atoms with Gasteiger partial charge in [-0.05, 0) is 40.7 Å². The van der Waals surface area contributed by atoms with Gasteiger partial charge < -0.3 is 9.80 Å². The molecule has 0 aliphatic carbocycles. The fourth-order valence-corrected chi connectivity index (χ4v) is 4.47. The van der Waals surface area contributed by atoms with Crippen LogP contribution >= 0.6 is 11.3 Å². The first kappa shape index (κ1) is 19.3. The van der Waals surface area contributed by atoms with Gasteiger partial charge in [0, 0.05) is 42.9 Å². The Morgan fingerprint density at radius 3 is 2.65 bits per heavy atom. The average molecular weight is 379 g/mol. The lowest BCUT2D eigenvalue weighted by Crippen LogP contribution is -2.47. The van der Waals surface area contributed by atoms with E-state index < -0.39 is 0 Å². The van der Waals surface area contributed by atoms with Crippen LogP contribution in [0.15, 0.2) is 5.38 Å². The molecule has 2 amide bonds. The minimum Gasteiger partial charge on any atom is -0.342 e. The Balaban J connectivity index is 1.54. The van der Waals surface area contributed by atoms with Gasteiger partial charge in [0.05, 0.1) is 23.8 Å². The second-order valence-electron chi connectivity index (χ2n) is 8.17. The molecule has 6 nitrogen and oxygen atoms in total. The maximum atomic E-state index is 12.5. The van der Waals surface area contributed by atoms with E-state index in [9.17, 15) is 9.59 Å². The maximum Gasteiger partial charge on any atom is 0.236 e. The zero-order chi connectivity index (χ0) is 18.9. The van der Waals surface area contributed by atoms with Crippen LogP contribution in [-0.2, 0) is 16.1 Å². The van der Waals surface area contributed by atoms with Gasteiger partial charge in [0.25, 0.3) is 0 Å². The van der Waals surface area contributed by atoms with Crippen molar-refractivity contribution < 1.29 is 9.59 Å². The number of thiazole rings is 1. The van der Waals surface area contributed by atoms with Crippen LogP contribution in [0, 0.1) is 12.3 Å². The van der Waals surface area contributed by atoms with Gasteiger partial charge in [-0.3, -0.25) is 14.5 Å². The molecule has 0 saturated carbocycles. The third kappa shape index (κ3) is 4.26. The van der Waals surface area contributed by atoms with Crippen molar-refractivity contribution in [2.75, 3.05) is 33.2 Å². The molecular weight excluding hydrogens is 348 g/mol. The minimum absolute atomic E-state index is 0.0445. The fourth-order valence-electron chi connectivity index (χ4n) is 3.86. The van der Waals surface area contributed by atoms with E-state index in [-0.39, 0.29) is 17.2 Å². The first-order chi connectivity index (χ1) is 12.3. The molecule has 2 saturated heterocycles. The van der Waals surface area contributed by atoms with Crippen LogP contribution in [0.5, 0.6) is 0 Å². The van der Waals surface area contributed by atoms with Crippen molar-refractivity contribution in [3.8, 4) is 0 Å². The summed E-state index contributed by atoms with van der Waals surface area (Å²) in [4.78, 5) is 35.5. The third-order valence-electron chi connectivity index (χ3n) is 5.87. The van der Waals surface area contributed by atoms with Gasteiger partial charge in [-0.25, -0.2) is 4.98 Å². The number of hydrogen-bond acceptors (Lipinski definition) is 5. The molecule has 0 unspecified atom stereocenters. The van der Waals surface area contributed by atoms with E-state index in [1.54, 1.807) is 11.3 Å². The monoisotopic (exact) mass is 378 g/mol. The Kier molecular flexibility index (Phi) is 5.67. The van der Waals surface area contributed by atoms with Crippen molar-refractivity contribution in [3.63, 3.8) is 0 Å². The topological polar surface area (TPSA) is 56.8 Å². The molecule has 2 fully saturated rings. The fraction of sp³-hybridized carbons (Fsp3) is 0.737. The Morgan fingerprint density at radius 1 is 1.38 bits per heavy atom. The molecule has 1 aromatic heterocycles. The second-order valence-corrected chi connectivity index (χ2v) is 9.24. The van der Waals surface area contributed by atoms with Crippen LogP contribution in [0.4, 0.5) is 0 Å². The van der Waals surface area contributed by atoms with Gasteiger partial charge in [-0.2, -0.15) is 0 Å². The van der Waals surface area contributed by atoms with Crippen LogP contribution in [0.25, 0.3) is 0 Å². The zero-order valence-corrected chi connectivity index (χ0v) is 17.1. The third-order valence-corrected chi connectivity index (χ3v) is 6.69. The van der Waals surface area contributed by atoms with E-state index in [1.165, 1.54) is 0 Å². The summed E-state index contributed by atoms with van der Waals surface area (Å²) in [7, 11) is 1.99. The van der Waals surface area contributed by atoms with Crippen molar-refractivity contribution in [1.29, 1.82) is 0 Å². The van der Waals surface area contributed by atoms with E-state index in [1.807, 2.05) is 29.2 Å². The standard InChI is InChI=1S/C19H30N4O2S/c1-14(2)21(4)11-18(25)22-7-5-19(6-8-22)9-17(24)23(13-19)10-16-12-26-15(3)20-16/h12,14H,5-11,13H2,1-4H3. The van der Waals surface area contributed by atoms with E-state index in [0.29, 0.717) is 25.6 Å². The van der Waals surface area contributed by atoms with Gasteiger partial charge in [0.2, 0.25) is 11.8 Å². The lowest BCUT2D eigenvalue weighted by molar-refractivity contribution is -0.134. The molecule has 1 aromatic rings. The largest absolute Gasteiger partial charge is 0.342 e. The number of aromatic nitrogens is 1. The first-order valence-electron chi connectivity index (χ1n) is 9.45. The number of aryl methyl sites for hydroxylation is 1. The number of rotatable bonds is 5. The lowest BCUT2D eigenvalue weighted by atomic mass is 9.77. The van der Waals surface area contributed by atoms with Gasteiger partial charge in [0.1, 0.15) is 0 Å². The second kappa shape index (κ2) is 7.64. The van der Waals surface area contributed by atoms with E-state index in [2.05, 4.69) is 23.7 Å². The summed E-state index contributed by atoms with van der Waals surface area (Å²) in [6.45, 7) is 9.61. The molecule has 3 heterocycles. The first-order valence-corrected chi connectivity index (χ1v) is 10.3. The molecule has 3 rings (SSSR count).